The summed E-state index contributed by atoms with van der Waals surface area (Å²) in [7, 11) is 0. The van der Waals surface area contributed by atoms with Gasteiger partial charge in [0.15, 0.2) is 18.2 Å². The molecule has 2 amide bonds. The number of ether oxygens (including phenoxy) is 1. The third-order valence-electron chi connectivity index (χ3n) is 3.98. The molecule has 24 heavy (non-hydrogen) atoms. The zero-order valence-corrected chi connectivity index (χ0v) is 14.5. The van der Waals surface area contributed by atoms with Crippen molar-refractivity contribution >= 4 is 11.8 Å². The van der Waals surface area contributed by atoms with E-state index in [9.17, 15) is 14.0 Å². The Morgan fingerprint density at radius 2 is 1.88 bits per heavy atom. The number of halogens is 1. The maximum Gasteiger partial charge on any atom is 0.258 e. The van der Waals surface area contributed by atoms with Gasteiger partial charge in [-0.2, -0.15) is 0 Å². The minimum atomic E-state index is -0.487. The van der Waals surface area contributed by atoms with Crippen molar-refractivity contribution in [3.63, 3.8) is 0 Å². The van der Waals surface area contributed by atoms with Gasteiger partial charge in [-0.1, -0.05) is 32.9 Å². The van der Waals surface area contributed by atoms with Crippen LogP contribution < -0.4 is 10.1 Å². The summed E-state index contributed by atoms with van der Waals surface area (Å²) >= 11 is 0. The average Bonchev–Trinajstić information content (AvgIpc) is 2.53. The van der Waals surface area contributed by atoms with Gasteiger partial charge in [0.25, 0.3) is 5.91 Å². The first-order chi connectivity index (χ1) is 11.3. The molecule has 0 aliphatic carbocycles. The number of amides is 2. The molecular formula is C18H25FN2O3. The first-order valence-electron chi connectivity index (χ1n) is 8.23. The summed E-state index contributed by atoms with van der Waals surface area (Å²) in [6.45, 7) is 6.77. The molecule has 0 aromatic heterocycles. The molecule has 1 fully saturated rings. The number of likely N-dealkylation sites (tertiary alicyclic amines) is 1. The largest absolute Gasteiger partial charge is 0.481 e. The molecule has 1 saturated heterocycles. The van der Waals surface area contributed by atoms with E-state index in [-0.39, 0.29) is 35.6 Å². The summed E-state index contributed by atoms with van der Waals surface area (Å²) in [5, 5.41) is 2.88. The van der Waals surface area contributed by atoms with Crippen LogP contribution in [-0.2, 0) is 9.59 Å². The van der Waals surface area contributed by atoms with Crippen LogP contribution in [0.1, 0.15) is 33.6 Å². The fourth-order valence-corrected chi connectivity index (χ4v) is 2.68. The molecule has 0 radical (unpaired) electrons. The van der Waals surface area contributed by atoms with Gasteiger partial charge in [0.2, 0.25) is 5.91 Å². The van der Waals surface area contributed by atoms with Crippen molar-refractivity contribution in [2.45, 2.75) is 39.7 Å². The van der Waals surface area contributed by atoms with Crippen molar-refractivity contribution in [3.05, 3.63) is 30.1 Å². The van der Waals surface area contributed by atoms with Crippen LogP contribution >= 0.6 is 0 Å². The van der Waals surface area contributed by atoms with Crippen molar-refractivity contribution in [1.82, 2.24) is 10.2 Å². The van der Waals surface area contributed by atoms with Gasteiger partial charge in [-0.05, 0) is 25.0 Å². The van der Waals surface area contributed by atoms with E-state index in [0.29, 0.717) is 25.9 Å². The Morgan fingerprint density at radius 3 is 2.46 bits per heavy atom. The van der Waals surface area contributed by atoms with Gasteiger partial charge in [0.1, 0.15) is 0 Å². The number of hydrogen-bond donors (Lipinski definition) is 1. The summed E-state index contributed by atoms with van der Waals surface area (Å²) in [4.78, 5) is 26.0. The van der Waals surface area contributed by atoms with Crippen molar-refractivity contribution in [2.75, 3.05) is 19.7 Å². The van der Waals surface area contributed by atoms with Gasteiger partial charge in [0, 0.05) is 24.5 Å². The zero-order valence-electron chi connectivity index (χ0n) is 14.5. The van der Waals surface area contributed by atoms with Crippen LogP contribution in [-0.4, -0.2) is 42.5 Å². The number of carbonyl (C=O) groups excluding carboxylic acids is 2. The molecule has 1 heterocycles. The van der Waals surface area contributed by atoms with E-state index in [1.54, 1.807) is 12.1 Å². The van der Waals surface area contributed by atoms with E-state index >= 15 is 0 Å². The molecule has 0 spiro atoms. The molecule has 1 aliphatic rings. The van der Waals surface area contributed by atoms with Crippen LogP contribution in [0.25, 0.3) is 0 Å². The van der Waals surface area contributed by atoms with Crippen LogP contribution in [0.2, 0.25) is 0 Å². The molecule has 0 saturated carbocycles. The second-order valence-electron chi connectivity index (χ2n) is 7.10. The highest BCUT2D eigenvalue weighted by atomic mass is 19.1. The molecule has 5 nitrogen and oxygen atoms in total. The first kappa shape index (κ1) is 18.2. The smallest absolute Gasteiger partial charge is 0.258 e. The topological polar surface area (TPSA) is 58.6 Å². The van der Waals surface area contributed by atoms with Crippen LogP contribution in [0, 0.1) is 11.2 Å². The van der Waals surface area contributed by atoms with E-state index < -0.39 is 5.82 Å². The van der Waals surface area contributed by atoms with E-state index in [1.807, 2.05) is 25.7 Å². The monoisotopic (exact) mass is 336 g/mol. The number of hydrogen-bond acceptors (Lipinski definition) is 3. The standard InChI is InChI=1S/C18H25FN2O3/c1-18(2,3)17(23)21-10-8-13(9-11-21)20-16(22)12-24-15-7-5-4-6-14(15)19/h4-7,13H,8-12H2,1-3H3,(H,20,22). The van der Waals surface area contributed by atoms with E-state index in [1.165, 1.54) is 12.1 Å². The highest BCUT2D eigenvalue weighted by molar-refractivity contribution is 5.81. The molecule has 0 atom stereocenters. The van der Waals surface area contributed by atoms with E-state index in [4.69, 9.17) is 4.74 Å². The molecule has 132 valence electrons. The quantitative estimate of drug-likeness (QED) is 0.918. The maximum absolute atomic E-state index is 13.4. The van der Waals surface area contributed by atoms with Gasteiger partial charge in [-0.15, -0.1) is 0 Å². The molecule has 6 heteroatoms. The van der Waals surface area contributed by atoms with Crippen molar-refractivity contribution in [2.24, 2.45) is 5.41 Å². The lowest BCUT2D eigenvalue weighted by atomic mass is 9.93. The number of nitrogens with one attached hydrogen (secondary N) is 1. The highest BCUT2D eigenvalue weighted by Crippen LogP contribution is 2.21. The van der Waals surface area contributed by atoms with Crippen LogP contribution in [0.3, 0.4) is 0 Å². The fourth-order valence-electron chi connectivity index (χ4n) is 2.68. The molecule has 2 rings (SSSR count). The molecule has 1 aromatic rings. The Kier molecular flexibility index (Phi) is 5.80. The van der Waals surface area contributed by atoms with Crippen molar-refractivity contribution in [3.8, 4) is 5.75 Å². The van der Waals surface area contributed by atoms with Crippen LogP contribution in [0.4, 0.5) is 4.39 Å². The van der Waals surface area contributed by atoms with Gasteiger partial charge >= 0.3 is 0 Å². The van der Waals surface area contributed by atoms with E-state index in [0.717, 1.165) is 0 Å². The minimum absolute atomic E-state index is 0.0192. The molecule has 1 aromatic carbocycles. The number of benzene rings is 1. The molecular weight excluding hydrogens is 311 g/mol. The number of rotatable bonds is 4. The minimum Gasteiger partial charge on any atom is -0.481 e. The summed E-state index contributed by atoms with van der Waals surface area (Å²) in [6, 6.07) is 6.01. The number of nitrogens with zero attached hydrogens (tertiary/aromatic N) is 1. The summed E-state index contributed by atoms with van der Waals surface area (Å²) in [5.41, 5.74) is -0.385. The summed E-state index contributed by atoms with van der Waals surface area (Å²) < 4.78 is 18.6. The van der Waals surface area contributed by atoms with Crippen LogP contribution in [0.5, 0.6) is 5.75 Å². The van der Waals surface area contributed by atoms with E-state index in [2.05, 4.69) is 5.32 Å². The van der Waals surface area contributed by atoms with Gasteiger partial charge in [-0.25, -0.2) is 4.39 Å². The summed E-state index contributed by atoms with van der Waals surface area (Å²) in [5.74, 6) is -0.563. The summed E-state index contributed by atoms with van der Waals surface area (Å²) in [6.07, 6.45) is 1.43. The Labute approximate surface area is 142 Å². The van der Waals surface area contributed by atoms with Crippen molar-refractivity contribution in [1.29, 1.82) is 0 Å². The first-order valence-corrected chi connectivity index (χ1v) is 8.23. The second kappa shape index (κ2) is 7.64. The SMILES string of the molecule is CC(C)(C)C(=O)N1CCC(NC(=O)COc2ccccc2F)CC1. The van der Waals surface area contributed by atoms with Gasteiger partial charge in [0.05, 0.1) is 0 Å². The molecule has 1 aliphatic heterocycles. The van der Waals surface area contributed by atoms with Gasteiger partial charge < -0.3 is 15.0 Å². The Bertz CT molecular complexity index is 590. The highest BCUT2D eigenvalue weighted by Gasteiger charge is 2.30. The van der Waals surface area contributed by atoms with Gasteiger partial charge in [-0.3, -0.25) is 9.59 Å². The third-order valence-corrected chi connectivity index (χ3v) is 3.98. The Morgan fingerprint density at radius 1 is 1.25 bits per heavy atom. The molecule has 0 unspecified atom stereocenters. The second-order valence-corrected chi connectivity index (χ2v) is 7.10. The molecule has 1 N–H and O–H groups in total. The zero-order chi connectivity index (χ0) is 17.7. The predicted molar refractivity (Wildman–Crippen MR) is 89.1 cm³/mol. The lowest BCUT2D eigenvalue weighted by molar-refractivity contribution is -0.140. The number of piperidine rings is 1. The Hall–Kier alpha value is -2.11. The molecule has 0 bridgehead atoms. The lowest BCUT2D eigenvalue weighted by Crippen LogP contribution is -2.49. The van der Waals surface area contributed by atoms with Crippen LogP contribution in [0.15, 0.2) is 24.3 Å². The van der Waals surface area contributed by atoms with Crippen molar-refractivity contribution < 1.29 is 18.7 Å². The normalized spacial score (nSPS) is 15.9. The number of para-hydroxylation sites is 1. The average molecular weight is 336 g/mol. The fraction of sp³-hybridized carbons (Fsp3) is 0.556. The predicted octanol–water partition coefficient (Wildman–Crippen LogP) is 2.36. The maximum atomic E-state index is 13.4. The third kappa shape index (κ3) is 4.94. The number of carbonyl (C=O) groups is 2. The lowest BCUT2D eigenvalue weighted by Gasteiger charge is -2.36. The Balaban J connectivity index is 1.74.